The predicted octanol–water partition coefficient (Wildman–Crippen LogP) is 4.00. The van der Waals surface area contributed by atoms with Gasteiger partial charge in [0, 0.05) is 34.7 Å². The minimum atomic E-state index is -0.130. The maximum atomic E-state index is 12.4. The summed E-state index contributed by atoms with van der Waals surface area (Å²) in [7, 11) is 0. The monoisotopic (exact) mass is 398 g/mol. The van der Waals surface area contributed by atoms with E-state index in [9.17, 15) is 9.59 Å². The highest BCUT2D eigenvalue weighted by Crippen LogP contribution is 2.33. The van der Waals surface area contributed by atoms with Gasteiger partial charge in [-0.25, -0.2) is 0 Å². The topological polar surface area (TPSA) is 49.4 Å². The van der Waals surface area contributed by atoms with Gasteiger partial charge in [0.1, 0.15) is 0 Å². The number of fused-ring (bicyclic) bond motifs is 1. The highest BCUT2D eigenvalue weighted by atomic mass is 79.9. The highest BCUT2D eigenvalue weighted by molar-refractivity contribution is 9.10. The van der Waals surface area contributed by atoms with Crippen molar-refractivity contribution in [2.45, 2.75) is 25.8 Å². The molecule has 2 amide bonds. The number of rotatable bonds is 3. The van der Waals surface area contributed by atoms with E-state index in [4.69, 9.17) is 0 Å². The van der Waals surface area contributed by atoms with Gasteiger partial charge in [-0.3, -0.25) is 9.59 Å². The molecule has 0 spiro atoms. The molecule has 0 atom stereocenters. The van der Waals surface area contributed by atoms with Gasteiger partial charge in [-0.1, -0.05) is 22.0 Å². The number of benzene rings is 2. The van der Waals surface area contributed by atoms with E-state index in [1.807, 2.05) is 29.2 Å². The number of amides is 2. The molecule has 0 radical (unpaired) electrons. The number of hydrogen-bond donors (Lipinski definition) is 1. The number of carbonyl (C=O) groups excluding carboxylic acids is 2. The van der Waals surface area contributed by atoms with E-state index in [0.717, 1.165) is 41.5 Å². The number of nitrogens with zero attached hydrogens (tertiary/aromatic N) is 1. The van der Waals surface area contributed by atoms with Crippen LogP contribution in [-0.4, -0.2) is 23.3 Å². The molecule has 25 heavy (non-hydrogen) atoms. The minimum Gasteiger partial charge on any atom is -0.338 e. The van der Waals surface area contributed by atoms with Crippen LogP contribution in [0.4, 0.5) is 5.69 Å². The van der Waals surface area contributed by atoms with Crippen molar-refractivity contribution in [2.24, 2.45) is 5.92 Å². The van der Waals surface area contributed by atoms with E-state index < -0.39 is 0 Å². The third-order valence-electron chi connectivity index (χ3n) is 4.82. The number of carbonyl (C=O) groups is 2. The van der Waals surface area contributed by atoms with Crippen LogP contribution in [0.5, 0.6) is 0 Å². The summed E-state index contributed by atoms with van der Waals surface area (Å²) in [6.45, 7) is 1.44. The lowest BCUT2D eigenvalue weighted by Gasteiger charge is -2.29. The van der Waals surface area contributed by atoms with Gasteiger partial charge in [-0.05, 0) is 66.8 Å². The van der Waals surface area contributed by atoms with Gasteiger partial charge in [0.25, 0.3) is 5.91 Å². The highest BCUT2D eigenvalue weighted by Gasteiger charge is 2.34. The third-order valence-corrected chi connectivity index (χ3v) is 5.35. The molecule has 1 fully saturated rings. The normalized spacial score (nSPS) is 16.3. The van der Waals surface area contributed by atoms with E-state index in [-0.39, 0.29) is 17.7 Å². The Morgan fingerprint density at radius 2 is 1.80 bits per heavy atom. The van der Waals surface area contributed by atoms with Gasteiger partial charge in [-0.15, -0.1) is 0 Å². The van der Waals surface area contributed by atoms with Crippen molar-refractivity contribution in [3.63, 3.8) is 0 Å². The molecular weight excluding hydrogens is 380 g/mol. The summed E-state index contributed by atoms with van der Waals surface area (Å²) in [6.07, 6.45) is 2.95. The summed E-state index contributed by atoms with van der Waals surface area (Å²) < 4.78 is 0.943. The van der Waals surface area contributed by atoms with Gasteiger partial charge >= 0.3 is 0 Å². The number of hydrogen-bond acceptors (Lipinski definition) is 2. The second-order valence-corrected chi connectivity index (χ2v) is 7.64. The fourth-order valence-corrected chi connectivity index (χ4v) is 3.48. The second kappa shape index (κ2) is 6.64. The van der Waals surface area contributed by atoms with Gasteiger partial charge in [0.15, 0.2) is 0 Å². The summed E-state index contributed by atoms with van der Waals surface area (Å²) >= 11 is 3.37. The average Bonchev–Trinajstić information content (AvgIpc) is 3.46. The zero-order valence-corrected chi connectivity index (χ0v) is 15.4. The summed E-state index contributed by atoms with van der Waals surface area (Å²) in [6, 6.07) is 13.3. The lowest BCUT2D eigenvalue weighted by molar-refractivity contribution is -0.133. The van der Waals surface area contributed by atoms with Crippen molar-refractivity contribution in [3.05, 3.63) is 63.6 Å². The Balaban J connectivity index is 1.48. The standard InChI is InChI=1S/C20H19BrN2O2/c21-17-6-3-14(4-7-17)19(24)22-18-8-5-13-9-10-23(12-16(13)11-18)20(25)15-1-2-15/h3-8,11,15H,1-2,9-10,12H2,(H,22,24). The SMILES string of the molecule is O=C(Nc1ccc2c(c1)CN(C(=O)C1CC1)CC2)c1ccc(Br)cc1. The lowest BCUT2D eigenvalue weighted by atomic mass is 9.98. The van der Waals surface area contributed by atoms with Crippen LogP contribution in [-0.2, 0) is 17.8 Å². The molecule has 1 saturated carbocycles. The molecule has 0 aromatic heterocycles. The Bertz CT molecular complexity index is 828. The smallest absolute Gasteiger partial charge is 0.255 e. The molecule has 1 heterocycles. The van der Waals surface area contributed by atoms with Crippen LogP contribution in [0.2, 0.25) is 0 Å². The van der Waals surface area contributed by atoms with Crippen molar-refractivity contribution in [1.29, 1.82) is 0 Å². The van der Waals surface area contributed by atoms with Crippen LogP contribution in [0.1, 0.15) is 34.3 Å². The van der Waals surface area contributed by atoms with E-state index in [2.05, 4.69) is 27.3 Å². The predicted molar refractivity (Wildman–Crippen MR) is 100 cm³/mol. The van der Waals surface area contributed by atoms with Crippen LogP contribution in [0.25, 0.3) is 0 Å². The first-order valence-electron chi connectivity index (χ1n) is 8.57. The molecule has 2 aromatic rings. The molecule has 128 valence electrons. The maximum Gasteiger partial charge on any atom is 0.255 e. The molecule has 2 aliphatic rings. The van der Waals surface area contributed by atoms with E-state index in [1.54, 1.807) is 12.1 Å². The third kappa shape index (κ3) is 3.61. The van der Waals surface area contributed by atoms with Crippen LogP contribution >= 0.6 is 15.9 Å². The number of halogens is 1. The minimum absolute atomic E-state index is 0.130. The fraction of sp³-hybridized carbons (Fsp3) is 0.300. The molecule has 2 aromatic carbocycles. The summed E-state index contributed by atoms with van der Waals surface area (Å²) in [5.41, 5.74) is 3.79. The second-order valence-electron chi connectivity index (χ2n) is 6.73. The summed E-state index contributed by atoms with van der Waals surface area (Å²) in [5, 5.41) is 2.95. The van der Waals surface area contributed by atoms with Crippen molar-refractivity contribution < 1.29 is 9.59 Å². The number of nitrogens with one attached hydrogen (secondary N) is 1. The summed E-state index contributed by atoms with van der Waals surface area (Å²) in [4.78, 5) is 26.6. The Morgan fingerprint density at radius 1 is 1.04 bits per heavy atom. The van der Waals surface area contributed by atoms with Crippen LogP contribution in [0.15, 0.2) is 46.9 Å². The van der Waals surface area contributed by atoms with Crippen LogP contribution in [0, 0.1) is 5.92 Å². The maximum absolute atomic E-state index is 12.4. The van der Waals surface area contributed by atoms with Gasteiger partial charge in [-0.2, -0.15) is 0 Å². The summed E-state index contributed by atoms with van der Waals surface area (Å²) in [5.74, 6) is 0.408. The molecule has 0 saturated heterocycles. The average molecular weight is 399 g/mol. The van der Waals surface area contributed by atoms with Gasteiger partial charge in [0.05, 0.1) is 0 Å². The molecule has 1 aliphatic carbocycles. The van der Waals surface area contributed by atoms with E-state index in [1.165, 1.54) is 5.56 Å². The molecule has 4 rings (SSSR count). The van der Waals surface area contributed by atoms with Crippen molar-refractivity contribution in [3.8, 4) is 0 Å². The van der Waals surface area contributed by atoms with Crippen molar-refractivity contribution in [1.82, 2.24) is 4.90 Å². The van der Waals surface area contributed by atoms with E-state index in [0.29, 0.717) is 12.1 Å². The molecular formula is C20H19BrN2O2. The Hall–Kier alpha value is -2.14. The molecule has 0 bridgehead atoms. The lowest BCUT2D eigenvalue weighted by Crippen LogP contribution is -2.36. The van der Waals surface area contributed by atoms with Crippen molar-refractivity contribution in [2.75, 3.05) is 11.9 Å². The Kier molecular flexibility index (Phi) is 4.34. The first-order chi connectivity index (χ1) is 12.1. The van der Waals surface area contributed by atoms with E-state index >= 15 is 0 Å². The van der Waals surface area contributed by atoms with Gasteiger partial charge in [0.2, 0.25) is 5.91 Å². The number of anilines is 1. The Labute approximate surface area is 155 Å². The molecule has 0 unspecified atom stereocenters. The first kappa shape index (κ1) is 16.3. The zero-order chi connectivity index (χ0) is 17.4. The largest absolute Gasteiger partial charge is 0.338 e. The molecule has 5 heteroatoms. The quantitative estimate of drug-likeness (QED) is 0.849. The molecule has 1 aliphatic heterocycles. The molecule has 4 nitrogen and oxygen atoms in total. The fourth-order valence-electron chi connectivity index (χ4n) is 3.22. The van der Waals surface area contributed by atoms with Crippen LogP contribution < -0.4 is 5.32 Å². The van der Waals surface area contributed by atoms with Crippen molar-refractivity contribution >= 4 is 33.4 Å². The van der Waals surface area contributed by atoms with Crippen LogP contribution in [0.3, 0.4) is 0 Å². The Morgan fingerprint density at radius 3 is 2.52 bits per heavy atom. The zero-order valence-electron chi connectivity index (χ0n) is 13.8. The molecule has 1 N–H and O–H groups in total. The first-order valence-corrected chi connectivity index (χ1v) is 9.37. The van der Waals surface area contributed by atoms with Gasteiger partial charge < -0.3 is 10.2 Å².